The van der Waals surface area contributed by atoms with Crippen LogP contribution in [0.25, 0.3) is 0 Å². The first kappa shape index (κ1) is 15.9. The first-order valence-electron chi connectivity index (χ1n) is 5.82. The van der Waals surface area contributed by atoms with Gasteiger partial charge in [0.15, 0.2) is 5.13 Å². The smallest absolute Gasteiger partial charge is 0.322 e. The van der Waals surface area contributed by atoms with Gasteiger partial charge in [0.25, 0.3) is 0 Å². The van der Waals surface area contributed by atoms with E-state index in [1.54, 1.807) is 18.5 Å². The van der Waals surface area contributed by atoms with Crippen LogP contribution in [0.3, 0.4) is 0 Å². The number of thioether (sulfide) groups is 1. The lowest BCUT2D eigenvalue weighted by Crippen LogP contribution is -2.32. The van der Waals surface area contributed by atoms with Gasteiger partial charge in [-0.1, -0.05) is 0 Å². The van der Waals surface area contributed by atoms with E-state index in [2.05, 4.69) is 10.3 Å². The van der Waals surface area contributed by atoms with E-state index in [-0.39, 0.29) is 5.91 Å². The van der Waals surface area contributed by atoms with Gasteiger partial charge in [-0.2, -0.15) is 11.8 Å². The molecule has 0 aliphatic carbocycles. The predicted molar refractivity (Wildman–Crippen MR) is 77.3 cm³/mol. The molecule has 1 atom stereocenters. The van der Waals surface area contributed by atoms with E-state index in [1.807, 2.05) is 0 Å². The maximum absolute atomic E-state index is 11.5. The highest BCUT2D eigenvalue weighted by Gasteiger charge is 2.14. The normalized spacial score (nSPS) is 11.9. The Hall–Kier alpha value is -1.12. The molecular weight excluding hydrogens is 286 g/mol. The number of thiazole rings is 1. The van der Waals surface area contributed by atoms with Gasteiger partial charge in [-0.05, 0) is 19.1 Å². The molecule has 0 bridgehead atoms. The van der Waals surface area contributed by atoms with Crippen LogP contribution < -0.4 is 11.1 Å². The number of rotatable bonds is 8. The Morgan fingerprint density at radius 3 is 3.05 bits per heavy atom. The number of anilines is 1. The predicted octanol–water partition coefficient (Wildman–Crippen LogP) is 1.10. The first-order chi connectivity index (χ1) is 9.13. The van der Waals surface area contributed by atoms with Crippen LogP contribution in [0, 0.1) is 0 Å². The fourth-order valence-electron chi connectivity index (χ4n) is 1.18. The van der Waals surface area contributed by atoms with Crippen molar-refractivity contribution < 1.29 is 14.3 Å². The summed E-state index contributed by atoms with van der Waals surface area (Å²) in [5, 5.41) is 5.06. The third kappa shape index (κ3) is 6.55. The number of hydrogen-bond donors (Lipinski definition) is 2. The summed E-state index contributed by atoms with van der Waals surface area (Å²) >= 11 is 2.80. The van der Waals surface area contributed by atoms with Gasteiger partial charge in [0.2, 0.25) is 5.91 Å². The van der Waals surface area contributed by atoms with E-state index < -0.39 is 12.0 Å². The second-order valence-electron chi connectivity index (χ2n) is 3.59. The highest BCUT2D eigenvalue weighted by Crippen LogP contribution is 2.11. The summed E-state index contributed by atoms with van der Waals surface area (Å²) in [4.78, 5) is 26.7. The maximum atomic E-state index is 11.5. The highest BCUT2D eigenvalue weighted by atomic mass is 32.2. The largest absolute Gasteiger partial charge is 0.465 e. The Morgan fingerprint density at radius 1 is 1.63 bits per heavy atom. The van der Waals surface area contributed by atoms with Gasteiger partial charge in [-0.3, -0.25) is 9.59 Å². The first-order valence-corrected chi connectivity index (χ1v) is 7.86. The lowest BCUT2D eigenvalue weighted by molar-refractivity contribution is -0.144. The van der Waals surface area contributed by atoms with Crippen molar-refractivity contribution >= 4 is 40.1 Å². The zero-order chi connectivity index (χ0) is 14.1. The number of ether oxygens (including phenoxy) is 1. The Kier molecular flexibility index (Phi) is 7.46. The van der Waals surface area contributed by atoms with Crippen molar-refractivity contribution in [3.05, 3.63) is 11.6 Å². The quantitative estimate of drug-likeness (QED) is 0.551. The second-order valence-corrected chi connectivity index (χ2v) is 5.58. The Labute approximate surface area is 120 Å². The topological polar surface area (TPSA) is 94.3 Å². The monoisotopic (exact) mass is 303 g/mol. The van der Waals surface area contributed by atoms with Crippen LogP contribution in [0.15, 0.2) is 11.6 Å². The van der Waals surface area contributed by atoms with E-state index in [0.29, 0.717) is 29.7 Å². The van der Waals surface area contributed by atoms with Crippen molar-refractivity contribution in [2.24, 2.45) is 5.73 Å². The number of carbonyl (C=O) groups excluding carboxylic acids is 2. The van der Waals surface area contributed by atoms with Crippen molar-refractivity contribution in [2.45, 2.75) is 19.4 Å². The van der Waals surface area contributed by atoms with E-state index in [4.69, 9.17) is 10.5 Å². The molecule has 8 heteroatoms. The molecule has 0 aliphatic heterocycles. The standard InChI is InChI=1S/C11H17N3O3S2/c1-2-17-10(16)8(12)3-5-18-7-9(15)14-11-13-4-6-19-11/h4,6,8H,2-3,5,7,12H2,1H3,(H,13,14,15). The molecule has 1 rings (SSSR count). The molecule has 0 radical (unpaired) electrons. The molecule has 19 heavy (non-hydrogen) atoms. The molecule has 0 saturated heterocycles. The number of nitrogens with one attached hydrogen (secondary N) is 1. The molecule has 0 aromatic carbocycles. The molecule has 0 aliphatic rings. The highest BCUT2D eigenvalue weighted by molar-refractivity contribution is 7.99. The second kappa shape index (κ2) is 8.89. The summed E-state index contributed by atoms with van der Waals surface area (Å²) in [6.45, 7) is 2.07. The summed E-state index contributed by atoms with van der Waals surface area (Å²) in [6.07, 6.45) is 2.12. The lowest BCUT2D eigenvalue weighted by Gasteiger charge is -2.09. The average Bonchev–Trinajstić information content (AvgIpc) is 2.87. The summed E-state index contributed by atoms with van der Waals surface area (Å²) in [6, 6.07) is -0.616. The summed E-state index contributed by atoms with van der Waals surface area (Å²) in [7, 11) is 0. The number of hydrogen-bond acceptors (Lipinski definition) is 7. The van der Waals surface area contributed by atoms with Gasteiger partial charge in [-0.25, -0.2) is 4.98 Å². The number of aromatic nitrogens is 1. The SMILES string of the molecule is CCOC(=O)C(N)CCSCC(=O)Nc1nccs1. The van der Waals surface area contributed by atoms with Crippen molar-refractivity contribution in [2.75, 3.05) is 23.4 Å². The van der Waals surface area contributed by atoms with Crippen molar-refractivity contribution in [1.82, 2.24) is 4.98 Å². The molecule has 0 fully saturated rings. The van der Waals surface area contributed by atoms with Crippen molar-refractivity contribution in [3.8, 4) is 0 Å². The molecule has 1 aromatic rings. The number of nitrogens with zero attached hydrogens (tertiary/aromatic N) is 1. The third-order valence-corrected chi connectivity index (χ3v) is 3.75. The van der Waals surface area contributed by atoms with Crippen LogP contribution in [0.4, 0.5) is 5.13 Å². The fourth-order valence-corrected chi connectivity index (χ4v) is 2.55. The third-order valence-electron chi connectivity index (χ3n) is 2.07. The molecule has 1 aromatic heterocycles. The van der Waals surface area contributed by atoms with E-state index in [0.717, 1.165) is 0 Å². The summed E-state index contributed by atoms with van der Waals surface area (Å²) in [5.74, 6) is 0.445. The van der Waals surface area contributed by atoms with Crippen LogP contribution in [-0.2, 0) is 14.3 Å². The van der Waals surface area contributed by atoms with Gasteiger partial charge in [0.05, 0.1) is 12.4 Å². The molecule has 0 saturated carbocycles. The van der Waals surface area contributed by atoms with E-state index >= 15 is 0 Å². The molecule has 0 spiro atoms. The van der Waals surface area contributed by atoms with Crippen LogP contribution in [0.1, 0.15) is 13.3 Å². The summed E-state index contributed by atoms with van der Waals surface area (Å²) < 4.78 is 4.79. The lowest BCUT2D eigenvalue weighted by atomic mass is 10.2. The average molecular weight is 303 g/mol. The van der Waals surface area contributed by atoms with Crippen molar-refractivity contribution in [1.29, 1.82) is 0 Å². The molecule has 1 unspecified atom stereocenters. The molecule has 1 amide bonds. The molecule has 1 heterocycles. The van der Waals surface area contributed by atoms with Crippen LogP contribution in [0.2, 0.25) is 0 Å². The van der Waals surface area contributed by atoms with Crippen molar-refractivity contribution in [3.63, 3.8) is 0 Å². The van der Waals surface area contributed by atoms with Gasteiger partial charge >= 0.3 is 5.97 Å². The van der Waals surface area contributed by atoms with Crippen LogP contribution in [0.5, 0.6) is 0 Å². The number of esters is 1. The zero-order valence-corrected chi connectivity index (χ0v) is 12.3. The Morgan fingerprint density at radius 2 is 2.42 bits per heavy atom. The minimum absolute atomic E-state index is 0.107. The molecular formula is C11H17N3O3S2. The van der Waals surface area contributed by atoms with Gasteiger partial charge in [-0.15, -0.1) is 11.3 Å². The number of amides is 1. The Bertz CT molecular complexity index is 398. The molecule has 106 valence electrons. The fraction of sp³-hybridized carbons (Fsp3) is 0.545. The molecule has 3 N–H and O–H groups in total. The summed E-state index contributed by atoms with van der Waals surface area (Å²) in [5.41, 5.74) is 5.63. The maximum Gasteiger partial charge on any atom is 0.322 e. The minimum Gasteiger partial charge on any atom is -0.465 e. The van der Waals surface area contributed by atoms with Gasteiger partial charge in [0, 0.05) is 11.6 Å². The van der Waals surface area contributed by atoms with Crippen LogP contribution in [-0.4, -0.2) is 41.0 Å². The van der Waals surface area contributed by atoms with Gasteiger partial charge in [0.1, 0.15) is 6.04 Å². The number of carbonyl (C=O) groups is 2. The van der Waals surface area contributed by atoms with E-state index in [1.165, 1.54) is 23.1 Å². The Balaban J connectivity index is 2.10. The minimum atomic E-state index is -0.616. The van der Waals surface area contributed by atoms with Crippen LogP contribution >= 0.6 is 23.1 Å². The zero-order valence-electron chi connectivity index (χ0n) is 10.6. The van der Waals surface area contributed by atoms with E-state index in [9.17, 15) is 9.59 Å². The van der Waals surface area contributed by atoms with Gasteiger partial charge < -0.3 is 15.8 Å². The molecule has 6 nitrogen and oxygen atoms in total. The number of nitrogens with two attached hydrogens (primary N) is 1.